The molecule has 15 heavy (non-hydrogen) atoms. The van der Waals surface area contributed by atoms with E-state index in [1.807, 2.05) is 0 Å². The molecule has 80 valence electrons. The molecule has 1 rings (SSSR count). The summed E-state index contributed by atoms with van der Waals surface area (Å²) in [7, 11) is 0. The Hall–Kier alpha value is -1.72. The van der Waals surface area contributed by atoms with Crippen molar-refractivity contribution in [3.8, 4) is 5.75 Å². The molecular weight excluding hydrogens is 200 g/mol. The van der Waals surface area contributed by atoms with Crippen LogP contribution in [0.2, 0.25) is 0 Å². The van der Waals surface area contributed by atoms with Gasteiger partial charge >= 0.3 is 0 Å². The van der Waals surface area contributed by atoms with Gasteiger partial charge in [0.05, 0.1) is 5.56 Å². The van der Waals surface area contributed by atoms with Crippen molar-refractivity contribution in [2.75, 3.05) is 13.2 Å². The minimum atomic E-state index is -0.707. The molecule has 0 bridgehead atoms. The smallest absolute Gasteiger partial charge is 0.191 e. The van der Waals surface area contributed by atoms with Crippen molar-refractivity contribution in [3.63, 3.8) is 0 Å². The summed E-state index contributed by atoms with van der Waals surface area (Å²) in [5.74, 6) is -1.56. The van der Waals surface area contributed by atoms with Crippen LogP contribution in [0.5, 0.6) is 5.75 Å². The van der Waals surface area contributed by atoms with Gasteiger partial charge in [-0.2, -0.15) is 0 Å². The van der Waals surface area contributed by atoms with E-state index in [4.69, 9.17) is 10.2 Å². The number of carbonyl (C=O) groups excluding carboxylic acids is 2. The van der Waals surface area contributed by atoms with E-state index in [2.05, 4.69) is 0 Å². The van der Waals surface area contributed by atoms with E-state index in [9.17, 15) is 14.7 Å². The summed E-state index contributed by atoms with van der Waals surface area (Å²) in [6.07, 6.45) is 0. The van der Waals surface area contributed by atoms with Crippen molar-refractivity contribution in [1.82, 2.24) is 0 Å². The Labute approximate surface area is 85.6 Å². The molecule has 0 aliphatic carbocycles. The second kappa shape index (κ2) is 4.68. The van der Waals surface area contributed by atoms with E-state index in [0.717, 1.165) is 6.07 Å². The highest BCUT2D eigenvalue weighted by molar-refractivity contribution is 6.02. The van der Waals surface area contributed by atoms with Crippen LogP contribution in [-0.4, -0.2) is 40.1 Å². The molecule has 0 spiro atoms. The van der Waals surface area contributed by atoms with Crippen molar-refractivity contribution in [2.45, 2.75) is 0 Å². The monoisotopic (exact) mass is 210 g/mol. The largest absolute Gasteiger partial charge is 0.507 e. The zero-order valence-corrected chi connectivity index (χ0v) is 7.80. The van der Waals surface area contributed by atoms with Gasteiger partial charge in [0.15, 0.2) is 11.6 Å². The fourth-order valence-corrected chi connectivity index (χ4v) is 1.12. The van der Waals surface area contributed by atoms with Crippen LogP contribution in [-0.2, 0) is 0 Å². The van der Waals surface area contributed by atoms with Crippen LogP contribution in [0.1, 0.15) is 20.7 Å². The first-order valence-corrected chi connectivity index (χ1v) is 4.21. The van der Waals surface area contributed by atoms with E-state index in [1.54, 1.807) is 0 Å². The molecule has 0 saturated heterocycles. The molecule has 0 heterocycles. The maximum atomic E-state index is 11.0. The molecule has 0 saturated carbocycles. The van der Waals surface area contributed by atoms with Crippen molar-refractivity contribution in [2.24, 2.45) is 0 Å². The predicted molar refractivity (Wildman–Crippen MR) is 50.9 cm³/mol. The number of aromatic hydroxyl groups is 1. The average molecular weight is 210 g/mol. The van der Waals surface area contributed by atoms with Crippen molar-refractivity contribution >= 4 is 11.6 Å². The zero-order chi connectivity index (χ0) is 11.4. The molecule has 1 aromatic rings. The highest BCUT2D eigenvalue weighted by Gasteiger charge is 2.12. The number of ketones is 2. The van der Waals surface area contributed by atoms with Crippen LogP contribution in [0.25, 0.3) is 0 Å². The van der Waals surface area contributed by atoms with Gasteiger partial charge in [-0.1, -0.05) is 6.07 Å². The van der Waals surface area contributed by atoms with Gasteiger partial charge in [0.1, 0.15) is 19.0 Å². The lowest BCUT2D eigenvalue weighted by Gasteiger charge is -2.03. The zero-order valence-electron chi connectivity index (χ0n) is 7.80. The van der Waals surface area contributed by atoms with Gasteiger partial charge in [0, 0.05) is 5.56 Å². The number of Topliss-reactive ketones (excluding diaryl/α,β-unsaturated/α-hetero) is 2. The Balaban J connectivity index is 3.08. The number of hydrogen-bond donors (Lipinski definition) is 3. The van der Waals surface area contributed by atoms with E-state index in [-0.39, 0.29) is 16.9 Å². The topological polar surface area (TPSA) is 94.8 Å². The fraction of sp³-hybridized carbons (Fsp3) is 0.200. The normalized spacial score (nSPS) is 10.0. The number of phenolic OH excluding ortho intramolecular Hbond substituents is 1. The molecule has 0 atom stereocenters. The molecular formula is C10H10O5. The molecule has 3 N–H and O–H groups in total. The fourth-order valence-electron chi connectivity index (χ4n) is 1.12. The van der Waals surface area contributed by atoms with Gasteiger partial charge in [0.25, 0.3) is 0 Å². The molecule has 0 aliphatic rings. The number of aliphatic hydroxyl groups is 2. The molecule has 5 nitrogen and oxygen atoms in total. The molecule has 0 fully saturated rings. The van der Waals surface area contributed by atoms with Crippen LogP contribution >= 0.6 is 0 Å². The first-order valence-electron chi connectivity index (χ1n) is 4.21. The lowest BCUT2D eigenvalue weighted by molar-refractivity contribution is 0.0891. The maximum absolute atomic E-state index is 11.0. The highest BCUT2D eigenvalue weighted by atomic mass is 16.3. The van der Waals surface area contributed by atoms with Gasteiger partial charge in [-0.15, -0.1) is 0 Å². The van der Waals surface area contributed by atoms with E-state index in [1.165, 1.54) is 12.1 Å². The third-order valence-electron chi connectivity index (χ3n) is 1.91. The molecule has 0 radical (unpaired) electrons. The SMILES string of the molecule is O=C(CO)c1ccc(C(=O)CO)c(O)c1. The first kappa shape index (κ1) is 11.4. The Bertz CT molecular complexity index is 397. The molecule has 0 unspecified atom stereocenters. The second-order valence-corrected chi connectivity index (χ2v) is 2.89. The summed E-state index contributed by atoms with van der Waals surface area (Å²) in [6, 6.07) is 3.62. The average Bonchev–Trinajstić information content (AvgIpc) is 2.26. The van der Waals surface area contributed by atoms with E-state index in [0.29, 0.717) is 0 Å². The third-order valence-corrected chi connectivity index (χ3v) is 1.91. The Morgan fingerprint density at radius 1 is 1.07 bits per heavy atom. The summed E-state index contributed by atoms with van der Waals surface area (Å²) in [4.78, 5) is 22.1. The van der Waals surface area contributed by atoms with Gasteiger partial charge < -0.3 is 15.3 Å². The standard InChI is InChI=1S/C10H10O5/c11-4-9(14)6-1-2-7(8(13)3-6)10(15)5-12/h1-3,11-13H,4-5H2. The van der Waals surface area contributed by atoms with Gasteiger partial charge in [-0.3, -0.25) is 9.59 Å². The molecule has 1 aromatic carbocycles. The molecule has 5 heteroatoms. The van der Waals surface area contributed by atoms with Gasteiger partial charge in [-0.25, -0.2) is 0 Å². The predicted octanol–water partition coefficient (Wildman–Crippen LogP) is -0.258. The Morgan fingerprint density at radius 2 is 1.67 bits per heavy atom. The van der Waals surface area contributed by atoms with Crippen molar-refractivity contribution in [3.05, 3.63) is 29.3 Å². The third kappa shape index (κ3) is 2.39. The van der Waals surface area contributed by atoms with Crippen LogP contribution in [0.15, 0.2) is 18.2 Å². The summed E-state index contributed by atoms with van der Waals surface area (Å²) >= 11 is 0. The van der Waals surface area contributed by atoms with Crippen molar-refractivity contribution in [1.29, 1.82) is 0 Å². The van der Waals surface area contributed by atoms with E-state index >= 15 is 0 Å². The summed E-state index contributed by atoms with van der Waals surface area (Å²) in [5, 5.41) is 26.5. The van der Waals surface area contributed by atoms with Crippen molar-refractivity contribution < 1.29 is 24.9 Å². The van der Waals surface area contributed by atoms with Crippen LogP contribution in [0, 0.1) is 0 Å². The number of benzene rings is 1. The van der Waals surface area contributed by atoms with Gasteiger partial charge in [-0.05, 0) is 12.1 Å². The summed E-state index contributed by atoms with van der Waals surface area (Å²) in [5.41, 5.74) is 0.0662. The second-order valence-electron chi connectivity index (χ2n) is 2.89. The first-order chi connectivity index (χ1) is 7.10. The Kier molecular flexibility index (Phi) is 3.54. The summed E-state index contributed by atoms with van der Waals surface area (Å²) in [6.45, 7) is -1.37. The molecule has 0 aromatic heterocycles. The van der Waals surface area contributed by atoms with Crippen LogP contribution < -0.4 is 0 Å². The van der Waals surface area contributed by atoms with Crippen LogP contribution in [0.3, 0.4) is 0 Å². The lowest BCUT2D eigenvalue weighted by atomic mass is 10.0. The van der Waals surface area contributed by atoms with Crippen LogP contribution in [0.4, 0.5) is 0 Å². The number of phenols is 1. The quantitative estimate of drug-likeness (QED) is 0.595. The number of rotatable bonds is 4. The minimum absolute atomic E-state index is 0.0491. The molecule has 0 amide bonds. The minimum Gasteiger partial charge on any atom is -0.507 e. The summed E-state index contributed by atoms with van der Waals surface area (Å²) < 4.78 is 0. The van der Waals surface area contributed by atoms with E-state index < -0.39 is 24.8 Å². The number of aliphatic hydroxyl groups excluding tert-OH is 2. The maximum Gasteiger partial charge on any atom is 0.191 e. The number of hydrogen-bond acceptors (Lipinski definition) is 5. The lowest BCUT2D eigenvalue weighted by Crippen LogP contribution is -2.07. The van der Waals surface area contributed by atoms with Gasteiger partial charge in [0.2, 0.25) is 0 Å². The number of carbonyl (C=O) groups is 2. The Morgan fingerprint density at radius 3 is 2.13 bits per heavy atom. The molecule has 0 aliphatic heterocycles. The highest BCUT2D eigenvalue weighted by Crippen LogP contribution is 2.19.